The van der Waals surface area contributed by atoms with E-state index in [1.54, 1.807) is 27.2 Å². The summed E-state index contributed by atoms with van der Waals surface area (Å²) in [7, 11) is 3.14. The summed E-state index contributed by atoms with van der Waals surface area (Å²) >= 11 is 0. The molecule has 1 aromatic heterocycles. The van der Waals surface area contributed by atoms with Crippen LogP contribution in [0.2, 0.25) is 0 Å². The van der Waals surface area contributed by atoms with E-state index in [0.717, 1.165) is 11.1 Å². The zero-order valence-corrected chi connectivity index (χ0v) is 19.3. The number of nitrogens with one attached hydrogen (secondary N) is 1. The van der Waals surface area contributed by atoms with Crippen molar-refractivity contribution in [3.8, 4) is 11.5 Å². The Balaban J connectivity index is 1.64. The molecule has 2 aromatic carbocycles. The van der Waals surface area contributed by atoms with Crippen LogP contribution in [0.5, 0.6) is 11.5 Å². The second-order valence-corrected chi connectivity index (χ2v) is 8.27. The van der Waals surface area contributed by atoms with Crippen molar-refractivity contribution in [2.24, 2.45) is 0 Å². The van der Waals surface area contributed by atoms with Gasteiger partial charge in [0.25, 0.3) is 5.91 Å². The molecule has 0 saturated heterocycles. The van der Waals surface area contributed by atoms with Crippen LogP contribution in [0.4, 0.5) is 0 Å². The van der Waals surface area contributed by atoms with E-state index in [4.69, 9.17) is 18.6 Å². The molecule has 1 atom stereocenters. The summed E-state index contributed by atoms with van der Waals surface area (Å²) in [6.07, 6.45) is 0. The maximum absolute atomic E-state index is 13.5. The first-order chi connectivity index (χ1) is 15.9. The van der Waals surface area contributed by atoms with E-state index in [2.05, 4.69) is 5.32 Å². The minimum Gasteiger partial charge on any atom is -0.496 e. The molecule has 0 saturated carbocycles. The van der Waals surface area contributed by atoms with Gasteiger partial charge < -0.3 is 28.8 Å². The smallest absolute Gasteiger partial charge is 0.294 e. The molecule has 0 spiro atoms. The predicted octanol–water partition coefficient (Wildman–Crippen LogP) is 3.31. The molecule has 174 valence electrons. The third-order valence-electron chi connectivity index (χ3n) is 5.97. The predicted molar refractivity (Wildman–Crippen MR) is 123 cm³/mol. The Morgan fingerprint density at radius 3 is 2.76 bits per heavy atom. The van der Waals surface area contributed by atoms with Gasteiger partial charge in [0.05, 0.1) is 19.1 Å². The first-order valence-electron chi connectivity index (χ1n) is 10.8. The molecule has 2 heterocycles. The summed E-state index contributed by atoms with van der Waals surface area (Å²) < 4.78 is 22.5. The largest absolute Gasteiger partial charge is 0.496 e. The average molecular weight is 453 g/mol. The summed E-state index contributed by atoms with van der Waals surface area (Å²) in [6, 6.07) is 13.1. The van der Waals surface area contributed by atoms with E-state index < -0.39 is 11.4 Å². The Morgan fingerprint density at radius 2 is 2.00 bits per heavy atom. The zero-order valence-electron chi connectivity index (χ0n) is 19.3. The first-order valence-corrected chi connectivity index (χ1v) is 10.8. The van der Waals surface area contributed by atoms with Crippen LogP contribution in [0, 0.1) is 6.92 Å². The molecule has 0 bridgehead atoms. The number of furan rings is 1. The zero-order chi connectivity index (χ0) is 23.6. The number of benzene rings is 2. The van der Waals surface area contributed by atoms with Crippen LogP contribution in [0.15, 0.2) is 46.9 Å². The van der Waals surface area contributed by atoms with Crippen LogP contribution in [-0.2, 0) is 16.1 Å². The number of nitrogens with zero attached hydrogens (tertiary/aromatic N) is 1. The molecule has 3 aromatic rings. The van der Waals surface area contributed by atoms with Gasteiger partial charge >= 0.3 is 0 Å². The van der Waals surface area contributed by atoms with E-state index in [9.17, 15) is 9.59 Å². The van der Waals surface area contributed by atoms with Crippen LogP contribution in [0.3, 0.4) is 0 Å². The standard InChI is InChI=1S/C25H28N2O6/c1-16-9-10-19(31-4)17(13-16)14-26-24(29)25(2)15-32-21-18-7-5-6-8-20(18)33-22(21)23(28)27(25)11-12-30-3/h5-10,13H,11-12,14-15H2,1-4H3,(H,26,29). The fourth-order valence-electron chi connectivity index (χ4n) is 4.07. The van der Waals surface area contributed by atoms with E-state index in [1.807, 2.05) is 43.3 Å². The molecule has 1 aliphatic heterocycles. The number of ether oxygens (including phenoxy) is 3. The van der Waals surface area contributed by atoms with E-state index in [1.165, 1.54) is 4.90 Å². The van der Waals surface area contributed by atoms with E-state index in [-0.39, 0.29) is 38.0 Å². The third-order valence-corrected chi connectivity index (χ3v) is 5.97. The number of fused-ring (bicyclic) bond motifs is 3. The minimum absolute atomic E-state index is 0.0320. The van der Waals surface area contributed by atoms with Gasteiger partial charge in [0.1, 0.15) is 17.9 Å². The van der Waals surface area contributed by atoms with Gasteiger partial charge in [-0.3, -0.25) is 9.59 Å². The molecule has 1 aliphatic rings. The number of carbonyl (C=O) groups excluding carboxylic acids is 2. The first kappa shape index (κ1) is 22.7. The highest BCUT2D eigenvalue weighted by molar-refractivity contribution is 6.04. The van der Waals surface area contributed by atoms with Crippen molar-refractivity contribution in [2.45, 2.75) is 25.9 Å². The Morgan fingerprint density at radius 1 is 1.21 bits per heavy atom. The van der Waals surface area contributed by atoms with Crippen LogP contribution in [0.25, 0.3) is 11.0 Å². The Labute approximate surface area is 192 Å². The van der Waals surface area contributed by atoms with Gasteiger partial charge in [-0.15, -0.1) is 0 Å². The summed E-state index contributed by atoms with van der Waals surface area (Å²) in [4.78, 5) is 28.5. The van der Waals surface area contributed by atoms with Crippen molar-refractivity contribution in [1.29, 1.82) is 0 Å². The number of hydrogen-bond donors (Lipinski definition) is 1. The van der Waals surface area contributed by atoms with Crippen LogP contribution >= 0.6 is 0 Å². The molecule has 0 radical (unpaired) electrons. The normalized spacial score (nSPS) is 17.9. The fraction of sp³-hybridized carbons (Fsp3) is 0.360. The van der Waals surface area contributed by atoms with Crippen molar-refractivity contribution >= 4 is 22.8 Å². The summed E-state index contributed by atoms with van der Waals surface area (Å²) in [6.45, 7) is 4.34. The van der Waals surface area contributed by atoms with Crippen LogP contribution in [-0.4, -0.2) is 56.2 Å². The molecular formula is C25H28N2O6. The van der Waals surface area contributed by atoms with Gasteiger partial charge in [-0.2, -0.15) is 0 Å². The summed E-state index contributed by atoms with van der Waals surface area (Å²) in [5.74, 6) is 0.367. The van der Waals surface area contributed by atoms with Gasteiger partial charge in [0.15, 0.2) is 11.3 Å². The molecule has 8 heteroatoms. The number of aryl methyl sites for hydroxylation is 1. The monoisotopic (exact) mass is 452 g/mol. The molecule has 8 nitrogen and oxygen atoms in total. The maximum atomic E-state index is 13.5. The van der Waals surface area contributed by atoms with Gasteiger partial charge in [-0.05, 0) is 32.0 Å². The van der Waals surface area contributed by atoms with Crippen LogP contribution < -0.4 is 14.8 Å². The molecule has 33 heavy (non-hydrogen) atoms. The second kappa shape index (κ2) is 9.15. The lowest BCUT2D eigenvalue weighted by Crippen LogP contribution is -2.61. The fourth-order valence-corrected chi connectivity index (χ4v) is 4.07. The number of carbonyl (C=O) groups is 2. The molecule has 2 amide bonds. The summed E-state index contributed by atoms with van der Waals surface area (Å²) in [5.41, 5.74) is 1.17. The lowest BCUT2D eigenvalue weighted by atomic mass is 9.99. The molecule has 4 rings (SSSR count). The highest BCUT2D eigenvalue weighted by atomic mass is 16.5. The Bertz CT molecular complexity index is 1190. The van der Waals surface area contributed by atoms with Crippen LogP contribution in [0.1, 0.15) is 28.6 Å². The summed E-state index contributed by atoms with van der Waals surface area (Å²) in [5, 5.41) is 3.65. The van der Waals surface area contributed by atoms with E-state index in [0.29, 0.717) is 22.5 Å². The molecule has 0 aliphatic carbocycles. The van der Waals surface area contributed by atoms with Crippen molar-refractivity contribution in [3.05, 3.63) is 59.4 Å². The van der Waals surface area contributed by atoms with Crippen molar-refractivity contribution < 1.29 is 28.2 Å². The van der Waals surface area contributed by atoms with Crippen molar-refractivity contribution in [3.63, 3.8) is 0 Å². The Kier molecular flexibility index (Phi) is 6.29. The number of methoxy groups -OCH3 is 2. The number of rotatable bonds is 7. The Hall–Kier alpha value is -3.52. The molecule has 1 unspecified atom stereocenters. The topological polar surface area (TPSA) is 90.2 Å². The second-order valence-electron chi connectivity index (χ2n) is 8.27. The quantitative estimate of drug-likeness (QED) is 0.592. The lowest BCUT2D eigenvalue weighted by Gasteiger charge is -2.37. The SMILES string of the molecule is COCCN1C(=O)c2oc3ccccc3c2OCC1(C)C(=O)NCc1cc(C)ccc1OC. The lowest BCUT2D eigenvalue weighted by molar-refractivity contribution is -0.133. The number of amides is 2. The number of para-hydroxylation sites is 1. The van der Waals surface area contributed by atoms with Crippen molar-refractivity contribution in [1.82, 2.24) is 10.2 Å². The molecule has 0 fully saturated rings. The van der Waals surface area contributed by atoms with E-state index >= 15 is 0 Å². The maximum Gasteiger partial charge on any atom is 0.294 e. The average Bonchev–Trinajstić information content (AvgIpc) is 3.15. The van der Waals surface area contributed by atoms with Gasteiger partial charge in [0.2, 0.25) is 11.7 Å². The van der Waals surface area contributed by atoms with Gasteiger partial charge in [0, 0.05) is 25.8 Å². The third kappa shape index (κ3) is 4.14. The highest BCUT2D eigenvalue weighted by Gasteiger charge is 2.47. The minimum atomic E-state index is -1.28. The highest BCUT2D eigenvalue weighted by Crippen LogP contribution is 2.38. The molecular weight excluding hydrogens is 424 g/mol. The molecule has 1 N–H and O–H groups in total. The van der Waals surface area contributed by atoms with Gasteiger partial charge in [-0.1, -0.05) is 29.8 Å². The van der Waals surface area contributed by atoms with Gasteiger partial charge in [-0.25, -0.2) is 0 Å². The number of hydrogen-bond acceptors (Lipinski definition) is 6. The van der Waals surface area contributed by atoms with Crippen molar-refractivity contribution in [2.75, 3.05) is 34.0 Å².